The molecule has 2 aromatic carbocycles. The number of nitrogens with zero attached hydrogens (tertiary/aromatic N) is 3. The van der Waals surface area contributed by atoms with Crippen LogP contribution in [0.3, 0.4) is 0 Å². The lowest BCUT2D eigenvalue weighted by Gasteiger charge is -2.19. The van der Waals surface area contributed by atoms with Crippen molar-refractivity contribution in [1.29, 1.82) is 0 Å². The number of hydrogen-bond acceptors (Lipinski definition) is 4. The summed E-state index contributed by atoms with van der Waals surface area (Å²) in [5, 5.41) is 4.73. The van der Waals surface area contributed by atoms with E-state index in [1.165, 1.54) is 25.0 Å². The fraction of sp³-hybridized carbons (Fsp3) is 0.263. The maximum Gasteiger partial charge on any atom is 0.241 e. The Kier molecular flexibility index (Phi) is 4.51. The van der Waals surface area contributed by atoms with Gasteiger partial charge in [0.1, 0.15) is 5.82 Å². The average Bonchev–Trinajstić information content (AvgIpc) is 3.36. The monoisotopic (exact) mass is 357 g/mol. The highest BCUT2D eigenvalue weighted by atomic mass is 35.5. The molecule has 1 saturated carbocycles. The van der Waals surface area contributed by atoms with Crippen LogP contribution in [0.15, 0.2) is 53.1 Å². The number of hydrogen-bond donors (Lipinski definition) is 0. The van der Waals surface area contributed by atoms with Crippen LogP contribution in [-0.2, 0) is 13.1 Å². The molecule has 0 unspecified atom stereocenters. The molecular weight excluding hydrogens is 341 g/mol. The van der Waals surface area contributed by atoms with E-state index < -0.39 is 0 Å². The van der Waals surface area contributed by atoms with Crippen molar-refractivity contribution < 1.29 is 8.91 Å². The van der Waals surface area contributed by atoms with E-state index in [1.807, 2.05) is 24.3 Å². The van der Waals surface area contributed by atoms with Crippen molar-refractivity contribution >= 4 is 11.6 Å². The van der Waals surface area contributed by atoms with Crippen LogP contribution in [0.2, 0.25) is 5.02 Å². The van der Waals surface area contributed by atoms with Gasteiger partial charge >= 0.3 is 0 Å². The number of benzene rings is 2. The number of rotatable bonds is 6. The van der Waals surface area contributed by atoms with Gasteiger partial charge in [0.2, 0.25) is 11.7 Å². The third kappa shape index (κ3) is 4.06. The first-order valence-corrected chi connectivity index (χ1v) is 8.62. The van der Waals surface area contributed by atoms with Gasteiger partial charge < -0.3 is 4.52 Å². The van der Waals surface area contributed by atoms with Crippen molar-refractivity contribution in [2.45, 2.75) is 32.0 Å². The minimum atomic E-state index is -0.216. The van der Waals surface area contributed by atoms with Crippen molar-refractivity contribution in [3.63, 3.8) is 0 Å². The summed E-state index contributed by atoms with van der Waals surface area (Å²) in [7, 11) is 0. The van der Waals surface area contributed by atoms with Crippen molar-refractivity contribution in [2.24, 2.45) is 0 Å². The average molecular weight is 358 g/mol. The lowest BCUT2D eigenvalue weighted by molar-refractivity contribution is 0.209. The summed E-state index contributed by atoms with van der Waals surface area (Å²) in [6.45, 7) is 1.33. The highest BCUT2D eigenvalue weighted by Gasteiger charge is 2.30. The van der Waals surface area contributed by atoms with Crippen LogP contribution >= 0.6 is 11.6 Å². The Morgan fingerprint density at radius 2 is 1.76 bits per heavy atom. The van der Waals surface area contributed by atoms with Gasteiger partial charge in [0.25, 0.3) is 0 Å². The van der Waals surface area contributed by atoms with Crippen molar-refractivity contribution in [3.05, 3.63) is 70.8 Å². The van der Waals surface area contributed by atoms with Gasteiger partial charge in [0.15, 0.2) is 0 Å². The van der Waals surface area contributed by atoms with E-state index in [4.69, 9.17) is 16.1 Å². The van der Waals surface area contributed by atoms with Gasteiger partial charge in [-0.2, -0.15) is 4.98 Å². The fourth-order valence-corrected chi connectivity index (χ4v) is 2.91. The van der Waals surface area contributed by atoms with Gasteiger partial charge in [-0.1, -0.05) is 28.9 Å². The fourth-order valence-electron chi connectivity index (χ4n) is 2.79. The molecule has 1 aliphatic carbocycles. The van der Waals surface area contributed by atoms with Crippen LogP contribution in [-0.4, -0.2) is 21.1 Å². The molecule has 6 heteroatoms. The maximum atomic E-state index is 13.1. The van der Waals surface area contributed by atoms with Crippen LogP contribution in [0.25, 0.3) is 11.4 Å². The first-order chi connectivity index (χ1) is 12.2. The summed E-state index contributed by atoms with van der Waals surface area (Å²) in [6, 6.07) is 14.5. The quantitative estimate of drug-likeness (QED) is 0.641. The topological polar surface area (TPSA) is 42.2 Å². The Labute approximate surface area is 150 Å². The Balaban J connectivity index is 1.47. The lowest BCUT2D eigenvalue weighted by atomic mass is 10.2. The summed E-state index contributed by atoms with van der Waals surface area (Å²) in [4.78, 5) is 6.79. The predicted octanol–water partition coefficient (Wildman–Crippen LogP) is 4.69. The summed E-state index contributed by atoms with van der Waals surface area (Å²) in [5.74, 6) is 0.925. The molecule has 1 aromatic heterocycles. The normalized spacial score (nSPS) is 14.2. The zero-order chi connectivity index (χ0) is 17.2. The van der Waals surface area contributed by atoms with Gasteiger partial charge in [0, 0.05) is 23.2 Å². The largest absolute Gasteiger partial charge is 0.338 e. The molecule has 0 N–H and O–H groups in total. The first kappa shape index (κ1) is 16.2. The van der Waals surface area contributed by atoms with Gasteiger partial charge in [-0.3, -0.25) is 4.90 Å². The Hall–Kier alpha value is -2.24. The highest BCUT2D eigenvalue weighted by molar-refractivity contribution is 6.30. The molecule has 0 spiro atoms. The molecule has 128 valence electrons. The SMILES string of the molecule is Fc1ccc(CN(Cc2nc(-c3ccc(Cl)cc3)no2)C2CC2)cc1. The summed E-state index contributed by atoms with van der Waals surface area (Å²) < 4.78 is 18.5. The van der Waals surface area contributed by atoms with Gasteiger partial charge in [-0.25, -0.2) is 4.39 Å². The van der Waals surface area contributed by atoms with Gasteiger partial charge in [-0.05, 0) is 54.8 Å². The predicted molar refractivity (Wildman–Crippen MR) is 93.4 cm³/mol. The zero-order valence-electron chi connectivity index (χ0n) is 13.5. The second kappa shape index (κ2) is 6.94. The summed E-state index contributed by atoms with van der Waals surface area (Å²) >= 11 is 5.91. The minimum absolute atomic E-state index is 0.216. The van der Waals surface area contributed by atoms with E-state index in [0.717, 1.165) is 17.7 Å². The minimum Gasteiger partial charge on any atom is -0.338 e. The zero-order valence-corrected chi connectivity index (χ0v) is 14.3. The van der Waals surface area contributed by atoms with Crippen molar-refractivity contribution in [2.75, 3.05) is 0 Å². The summed E-state index contributed by atoms with van der Waals surface area (Å²) in [6.07, 6.45) is 2.33. The molecule has 1 fully saturated rings. The van der Waals surface area contributed by atoms with Crippen LogP contribution < -0.4 is 0 Å². The maximum absolute atomic E-state index is 13.1. The third-order valence-corrected chi connectivity index (χ3v) is 4.52. The van der Waals surface area contributed by atoms with Gasteiger partial charge in [-0.15, -0.1) is 0 Å². The molecule has 4 rings (SSSR count). The first-order valence-electron chi connectivity index (χ1n) is 8.24. The molecule has 0 saturated heterocycles. The van der Waals surface area contributed by atoms with Crippen LogP contribution in [0.4, 0.5) is 4.39 Å². The molecule has 4 nitrogen and oxygen atoms in total. The van der Waals surface area contributed by atoms with E-state index in [2.05, 4.69) is 15.0 Å². The van der Waals surface area contributed by atoms with Crippen LogP contribution in [0, 0.1) is 5.82 Å². The molecule has 1 aliphatic rings. The molecule has 0 bridgehead atoms. The molecule has 0 amide bonds. The van der Waals surface area contributed by atoms with Gasteiger partial charge in [0.05, 0.1) is 6.54 Å². The van der Waals surface area contributed by atoms with Crippen LogP contribution in [0.5, 0.6) is 0 Å². The Bertz CT molecular complexity index is 844. The van der Waals surface area contributed by atoms with E-state index in [9.17, 15) is 4.39 Å². The summed E-state index contributed by atoms with van der Waals surface area (Å²) in [5.41, 5.74) is 1.95. The Morgan fingerprint density at radius 3 is 2.44 bits per heavy atom. The smallest absolute Gasteiger partial charge is 0.241 e. The van der Waals surface area contributed by atoms with Crippen molar-refractivity contribution in [3.8, 4) is 11.4 Å². The van der Waals surface area contributed by atoms with E-state index >= 15 is 0 Å². The molecular formula is C19H17ClFN3O. The van der Waals surface area contributed by atoms with Crippen LogP contribution in [0.1, 0.15) is 24.3 Å². The van der Waals surface area contributed by atoms with E-state index in [-0.39, 0.29) is 5.82 Å². The third-order valence-electron chi connectivity index (χ3n) is 4.27. The highest BCUT2D eigenvalue weighted by Crippen LogP contribution is 2.30. The standard InChI is InChI=1S/C19H17ClFN3O/c20-15-5-3-14(4-6-15)19-22-18(25-23-19)12-24(17-9-10-17)11-13-1-7-16(21)8-2-13/h1-8,17H,9-12H2. The molecule has 25 heavy (non-hydrogen) atoms. The molecule has 0 aliphatic heterocycles. The molecule has 1 heterocycles. The van der Waals surface area contributed by atoms with E-state index in [1.54, 1.807) is 12.1 Å². The molecule has 3 aromatic rings. The number of aromatic nitrogens is 2. The second-order valence-electron chi connectivity index (χ2n) is 6.28. The van der Waals surface area contributed by atoms with Crippen molar-refractivity contribution in [1.82, 2.24) is 15.0 Å². The Morgan fingerprint density at radius 1 is 1.04 bits per heavy atom. The second-order valence-corrected chi connectivity index (χ2v) is 6.72. The molecule has 0 atom stereocenters. The number of halogens is 2. The lowest BCUT2D eigenvalue weighted by Crippen LogP contribution is -2.25. The molecule has 0 radical (unpaired) electrons. The van der Waals surface area contributed by atoms with E-state index in [0.29, 0.717) is 29.3 Å².